The molecule has 1 aliphatic heterocycles. The minimum absolute atomic E-state index is 0.815. The van der Waals surface area contributed by atoms with Gasteiger partial charge in [0.1, 0.15) is 5.82 Å². The van der Waals surface area contributed by atoms with Gasteiger partial charge in [-0.1, -0.05) is 13.8 Å². The van der Waals surface area contributed by atoms with E-state index < -0.39 is 0 Å². The Kier molecular flexibility index (Phi) is 4.99. The van der Waals surface area contributed by atoms with Crippen molar-refractivity contribution in [2.75, 3.05) is 31.1 Å². The fourth-order valence-corrected chi connectivity index (χ4v) is 2.46. The van der Waals surface area contributed by atoms with Gasteiger partial charge >= 0.3 is 0 Å². The highest BCUT2D eigenvalue weighted by atomic mass is 15.4. The van der Waals surface area contributed by atoms with Crippen LogP contribution < -0.4 is 10.2 Å². The van der Waals surface area contributed by atoms with E-state index in [1.165, 1.54) is 12.8 Å². The van der Waals surface area contributed by atoms with E-state index in [0.717, 1.165) is 56.7 Å². The van der Waals surface area contributed by atoms with Crippen LogP contribution in [0.5, 0.6) is 0 Å². The Labute approximate surface area is 109 Å². The van der Waals surface area contributed by atoms with Crippen LogP contribution in [0, 0.1) is 5.92 Å². The summed E-state index contributed by atoms with van der Waals surface area (Å²) in [7, 11) is 0. The number of H-pyrrole nitrogens is 1. The van der Waals surface area contributed by atoms with Gasteiger partial charge in [0.2, 0.25) is 5.95 Å². The highest BCUT2D eigenvalue weighted by molar-refractivity contribution is 5.29. The Morgan fingerprint density at radius 1 is 1.33 bits per heavy atom. The molecule has 2 N–H and O–H groups in total. The molecule has 1 aromatic rings. The van der Waals surface area contributed by atoms with Crippen molar-refractivity contribution in [2.24, 2.45) is 5.92 Å². The topological polar surface area (TPSA) is 56.8 Å². The van der Waals surface area contributed by atoms with E-state index in [9.17, 15) is 0 Å². The fraction of sp³-hybridized carbons (Fsp3) is 0.846. The lowest BCUT2D eigenvalue weighted by Gasteiger charge is -2.31. The summed E-state index contributed by atoms with van der Waals surface area (Å²) in [6.45, 7) is 8.71. The van der Waals surface area contributed by atoms with Gasteiger partial charge in [0, 0.05) is 19.5 Å². The van der Waals surface area contributed by atoms with Gasteiger partial charge in [-0.2, -0.15) is 4.98 Å². The lowest BCUT2D eigenvalue weighted by molar-refractivity contribution is 0.384. The predicted octanol–water partition coefficient (Wildman–Crippen LogP) is 1.58. The minimum Gasteiger partial charge on any atom is -0.340 e. The number of aryl methyl sites for hydroxylation is 1. The van der Waals surface area contributed by atoms with Gasteiger partial charge < -0.3 is 10.2 Å². The SMILES string of the molecule is CCCc1nc(N2CCC(CNCC)CC2)n[nH]1. The molecule has 0 unspecified atom stereocenters. The Bertz CT molecular complexity index is 341. The Balaban J connectivity index is 1.81. The summed E-state index contributed by atoms with van der Waals surface area (Å²) in [4.78, 5) is 6.86. The molecule has 1 aromatic heterocycles. The van der Waals surface area contributed by atoms with Crippen molar-refractivity contribution in [1.29, 1.82) is 0 Å². The Hall–Kier alpha value is -1.10. The number of anilines is 1. The molecule has 0 saturated carbocycles. The molecule has 1 fully saturated rings. The van der Waals surface area contributed by atoms with E-state index >= 15 is 0 Å². The third kappa shape index (κ3) is 3.45. The first-order chi connectivity index (χ1) is 8.83. The maximum atomic E-state index is 4.55. The van der Waals surface area contributed by atoms with Crippen LogP contribution in [0.15, 0.2) is 0 Å². The minimum atomic E-state index is 0.815. The maximum Gasteiger partial charge on any atom is 0.244 e. The third-order valence-corrected chi connectivity index (χ3v) is 3.59. The Morgan fingerprint density at radius 3 is 2.78 bits per heavy atom. The summed E-state index contributed by atoms with van der Waals surface area (Å²) in [5.41, 5.74) is 0. The maximum absolute atomic E-state index is 4.55. The smallest absolute Gasteiger partial charge is 0.244 e. The van der Waals surface area contributed by atoms with Gasteiger partial charge in [-0.3, -0.25) is 5.10 Å². The Morgan fingerprint density at radius 2 is 2.11 bits per heavy atom. The second-order valence-electron chi connectivity index (χ2n) is 5.07. The van der Waals surface area contributed by atoms with E-state index in [4.69, 9.17) is 0 Å². The summed E-state index contributed by atoms with van der Waals surface area (Å²) >= 11 is 0. The van der Waals surface area contributed by atoms with Gasteiger partial charge in [-0.05, 0) is 38.3 Å². The van der Waals surface area contributed by atoms with E-state index in [0.29, 0.717) is 0 Å². The zero-order valence-corrected chi connectivity index (χ0v) is 11.6. The average molecular weight is 251 g/mol. The van der Waals surface area contributed by atoms with Crippen molar-refractivity contribution < 1.29 is 0 Å². The van der Waals surface area contributed by atoms with Crippen LogP contribution in [-0.4, -0.2) is 41.4 Å². The first kappa shape index (κ1) is 13.3. The normalized spacial score (nSPS) is 17.3. The van der Waals surface area contributed by atoms with Gasteiger partial charge in [0.25, 0.3) is 0 Å². The zero-order chi connectivity index (χ0) is 12.8. The van der Waals surface area contributed by atoms with Crippen LogP contribution in [0.1, 0.15) is 38.9 Å². The van der Waals surface area contributed by atoms with Crippen molar-refractivity contribution in [2.45, 2.75) is 39.5 Å². The molecule has 2 rings (SSSR count). The highest BCUT2D eigenvalue weighted by Gasteiger charge is 2.21. The average Bonchev–Trinajstić information content (AvgIpc) is 2.86. The number of rotatable bonds is 6. The molecule has 102 valence electrons. The van der Waals surface area contributed by atoms with Crippen molar-refractivity contribution in [3.05, 3.63) is 5.82 Å². The molecule has 0 aromatic carbocycles. The molecule has 1 aliphatic rings. The number of aromatic nitrogens is 3. The molecule has 5 heteroatoms. The van der Waals surface area contributed by atoms with Gasteiger partial charge in [-0.25, -0.2) is 0 Å². The standard InChI is InChI=1S/C13H25N5/c1-3-5-12-15-13(17-16-12)18-8-6-11(7-9-18)10-14-4-2/h11,14H,3-10H2,1-2H3,(H,15,16,17). The van der Waals surface area contributed by atoms with Crippen LogP contribution in [0.3, 0.4) is 0 Å². The molecule has 2 heterocycles. The quantitative estimate of drug-likeness (QED) is 0.806. The molecular formula is C13H25N5. The molecule has 0 bridgehead atoms. The number of piperidine rings is 1. The molecule has 1 saturated heterocycles. The van der Waals surface area contributed by atoms with E-state index in [1.54, 1.807) is 0 Å². The van der Waals surface area contributed by atoms with Crippen LogP contribution in [0.4, 0.5) is 5.95 Å². The summed E-state index contributed by atoms with van der Waals surface area (Å²) in [5, 5.41) is 10.8. The van der Waals surface area contributed by atoms with Gasteiger partial charge in [0.05, 0.1) is 0 Å². The zero-order valence-electron chi connectivity index (χ0n) is 11.6. The summed E-state index contributed by atoms with van der Waals surface area (Å²) in [6, 6.07) is 0. The third-order valence-electron chi connectivity index (χ3n) is 3.59. The number of hydrogen-bond donors (Lipinski definition) is 2. The van der Waals surface area contributed by atoms with Crippen molar-refractivity contribution in [1.82, 2.24) is 20.5 Å². The van der Waals surface area contributed by atoms with Gasteiger partial charge in [-0.15, -0.1) is 5.10 Å². The van der Waals surface area contributed by atoms with Crippen LogP contribution >= 0.6 is 0 Å². The molecule has 0 spiro atoms. The number of hydrogen-bond acceptors (Lipinski definition) is 4. The molecular weight excluding hydrogens is 226 g/mol. The first-order valence-electron chi connectivity index (χ1n) is 7.20. The summed E-state index contributed by atoms with van der Waals surface area (Å²) in [5.74, 6) is 2.72. The van der Waals surface area contributed by atoms with Crippen LogP contribution in [0.25, 0.3) is 0 Å². The summed E-state index contributed by atoms with van der Waals surface area (Å²) < 4.78 is 0. The molecule has 0 aliphatic carbocycles. The van der Waals surface area contributed by atoms with E-state index in [-0.39, 0.29) is 0 Å². The first-order valence-corrected chi connectivity index (χ1v) is 7.20. The van der Waals surface area contributed by atoms with E-state index in [1.807, 2.05) is 0 Å². The lowest BCUT2D eigenvalue weighted by atomic mass is 9.97. The van der Waals surface area contributed by atoms with Crippen LogP contribution in [0.2, 0.25) is 0 Å². The fourth-order valence-electron chi connectivity index (χ4n) is 2.46. The molecule has 5 nitrogen and oxygen atoms in total. The molecule has 0 amide bonds. The van der Waals surface area contributed by atoms with Crippen molar-refractivity contribution >= 4 is 5.95 Å². The molecule has 0 atom stereocenters. The number of aromatic amines is 1. The molecule has 18 heavy (non-hydrogen) atoms. The number of nitrogens with zero attached hydrogens (tertiary/aromatic N) is 3. The van der Waals surface area contributed by atoms with Crippen molar-refractivity contribution in [3.8, 4) is 0 Å². The second kappa shape index (κ2) is 6.73. The molecule has 0 radical (unpaired) electrons. The lowest BCUT2D eigenvalue weighted by Crippen LogP contribution is -2.37. The summed E-state index contributed by atoms with van der Waals surface area (Å²) in [6.07, 6.45) is 4.58. The van der Waals surface area contributed by atoms with Gasteiger partial charge in [0.15, 0.2) is 0 Å². The second-order valence-corrected chi connectivity index (χ2v) is 5.07. The monoisotopic (exact) mass is 251 g/mol. The predicted molar refractivity (Wildman–Crippen MR) is 73.9 cm³/mol. The largest absolute Gasteiger partial charge is 0.340 e. The van der Waals surface area contributed by atoms with E-state index in [2.05, 4.69) is 39.2 Å². The van der Waals surface area contributed by atoms with Crippen LogP contribution in [-0.2, 0) is 6.42 Å². The number of nitrogens with one attached hydrogen (secondary N) is 2. The highest BCUT2D eigenvalue weighted by Crippen LogP contribution is 2.20. The van der Waals surface area contributed by atoms with Crippen molar-refractivity contribution in [3.63, 3.8) is 0 Å².